The molecule has 0 spiro atoms. The summed E-state index contributed by atoms with van der Waals surface area (Å²) in [6.45, 7) is 2.25. The van der Waals surface area contributed by atoms with Gasteiger partial charge in [-0.1, -0.05) is 17.7 Å². The summed E-state index contributed by atoms with van der Waals surface area (Å²) >= 11 is 0. The number of rotatable bonds is 4. The predicted octanol–water partition coefficient (Wildman–Crippen LogP) is 2.48. The molecule has 0 bridgehead atoms. The molecule has 0 atom stereocenters. The van der Waals surface area contributed by atoms with Gasteiger partial charge in [0, 0.05) is 31.6 Å². The number of anilines is 1. The van der Waals surface area contributed by atoms with Crippen LogP contribution in [-0.2, 0) is 11.2 Å². The number of nitro benzene ring substituents is 1. The Morgan fingerprint density at radius 3 is 2.61 bits per heavy atom. The minimum absolute atomic E-state index is 0.0228. The van der Waals surface area contributed by atoms with Crippen LogP contribution < -0.4 is 4.90 Å². The fourth-order valence-electron chi connectivity index (χ4n) is 3.69. The van der Waals surface area contributed by atoms with Crippen molar-refractivity contribution in [3.8, 4) is 0 Å². The van der Waals surface area contributed by atoms with Crippen LogP contribution in [0.1, 0.15) is 38.3 Å². The Kier molecular flexibility index (Phi) is 4.18. The Bertz CT molecular complexity index is 1050. The molecule has 0 N–H and O–H groups in total. The zero-order valence-electron chi connectivity index (χ0n) is 15.2. The molecule has 2 aromatic carbocycles. The minimum Gasteiger partial charge on any atom is -0.312 e. The van der Waals surface area contributed by atoms with Crippen LogP contribution in [0.5, 0.6) is 0 Å². The molecule has 2 aliphatic heterocycles. The highest BCUT2D eigenvalue weighted by Crippen LogP contribution is 2.32. The van der Waals surface area contributed by atoms with Gasteiger partial charge in [-0.15, -0.1) is 0 Å². The lowest BCUT2D eigenvalue weighted by Crippen LogP contribution is -2.36. The van der Waals surface area contributed by atoms with Crippen LogP contribution in [0.25, 0.3) is 0 Å². The Morgan fingerprint density at radius 2 is 1.86 bits per heavy atom. The van der Waals surface area contributed by atoms with Crippen LogP contribution in [-0.4, -0.2) is 40.6 Å². The van der Waals surface area contributed by atoms with E-state index < -0.39 is 16.7 Å². The number of fused-ring (bicyclic) bond motifs is 2. The molecule has 2 heterocycles. The van der Waals surface area contributed by atoms with Crippen molar-refractivity contribution in [1.29, 1.82) is 0 Å². The van der Waals surface area contributed by atoms with Gasteiger partial charge in [0.15, 0.2) is 0 Å². The molecule has 8 nitrogen and oxygen atoms in total. The Labute approximate surface area is 160 Å². The van der Waals surface area contributed by atoms with Crippen molar-refractivity contribution in [2.45, 2.75) is 19.8 Å². The average molecular weight is 379 g/mol. The largest absolute Gasteiger partial charge is 0.312 e. The van der Waals surface area contributed by atoms with E-state index in [1.807, 2.05) is 6.92 Å². The third-order valence-electron chi connectivity index (χ3n) is 5.15. The van der Waals surface area contributed by atoms with Crippen molar-refractivity contribution in [3.63, 3.8) is 0 Å². The van der Waals surface area contributed by atoms with Crippen LogP contribution in [0.15, 0.2) is 36.4 Å². The fraction of sp³-hybridized carbons (Fsp3) is 0.250. The number of aryl methyl sites for hydroxylation is 1. The lowest BCUT2D eigenvalue weighted by atomic mass is 10.1. The quantitative estimate of drug-likeness (QED) is 0.461. The van der Waals surface area contributed by atoms with Gasteiger partial charge in [0.2, 0.25) is 5.91 Å². The van der Waals surface area contributed by atoms with Gasteiger partial charge < -0.3 is 4.90 Å². The molecule has 2 aliphatic rings. The maximum absolute atomic E-state index is 12.7. The van der Waals surface area contributed by atoms with Crippen molar-refractivity contribution < 1.29 is 19.3 Å². The number of amides is 3. The van der Waals surface area contributed by atoms with E-state index in [2.05, 4.69) is 0 Å². The summed E-state index contributed by atoms with van der Waals surface area (Å²) in [5, 5.41) is 11.0. The van der Waals surface area contributed by atoms with E-state index in [-0.39, 0.29) is 24.6 Å². The van der Waals surface area contributed by atoms with Gasteiger partial charge in [-0.05, 0) is 31.0 Å². The molecule has 0 saturated carbocycles. The van der Waals surface area contributed by atoms with Gasteiger partial charge >= 0.3 is 0 Å². The lowest BCUT2D eigenvalue weighted by Gasteiger charge is -2.19. The highest BCUT2D eigenvalue weighted by atomic mass is 16.6. The number of hydrogen-bond acceptors (Lipinski definition) is 5. The minimum atomic E-state index is -0.498. The second-order valence-corrected chi connectivity index (χ2v) is 6.93. The Balaban J connectivity index is 1.48. The van der Waals surface area contributed by atoms with E-state index in [0.717, 1.165) is 16.0 Å². The first-order chi connectivity index (χ1) is 13.4. The monoisotopic (exact) mass is 379 g/mol. The molecule has 4 rings (SSSR count). The summed E-state index contributed by atoms with van der Waals surface area (Å²) in [6, 6.07) is 9.55. The molecule has 3 amide bonds. The summed E-state index contributed by atoms with van der Waals surface area (Å²) in [5.74, 6) is -1.06. The third kappa shape index (κ3) is 2.83. The number of imide groups is 1. The second kappa shape index (κ2) is 6.56. The molecule has 0 saturated heterocycles. The van der Waals surface area contributed by atoms with Gasteiger partial charge in [-0.2, -0.15) is 0 Å². The number of non-ortho nitro benzene ring substituents is 1. The van der Waals surface area contributed by atoms with Crippen LogP contribution in [0, 0.1) is 17.0 Å². The van der Waals surface area contributed by atoms with E-state index in [1.54, 1.807) is 24.3 Å². The Morgan fingerprint density at radius 1 is 1.11 bits per heavy atom. The number of benzene rings is 2. The standard InChI is InChI=1S/C20H17N3O5/c1-12-2-5-15-16(10-12)20(26)22(19(15)25)9-7-18(24)21-8-6-13-3-4-14(23(27)28)11-17(13)21/h2-5,10-11H,6-9H2,1H3. The average Bonchev–Trinajstić information content (AvgIpc) is 3.19. The number of nitrogens with zero attached hydrogens (tertiary/aromatic N) is 3. The van der Waals surface area contributed by atoms with Crippen LogP contribution in [0.2, 0.25) is 0 Å². The number of hydrogen-bond donors (Lipinski definition) is 0. The van der Waals surface area contributed by atoms with E-state index in [4.69, 9.17) is 0 Å². The molecule has 0 unspecified atom stereocenters. The molecule has 142 valence electrons. The summed E-state index contributed by atoms with van der Waals surface area (Å²) < 4.78 is 0. The zero-order chi connectivity index (χ0) is 20.0. The van der Waals surface area contributed by atoms with Crippen molar-refractivity contribution in [2.24, 2.45) is 0 Å². The molecule has 2 aromatic rings. The van der Waals surface area contributed by atoms with Gasteiger partial charge in [0.1, 0.15) is 0 Å². The van der Waals surface area contributed by atoms with Gasteiger partial charge in [0.05, 0.1) is 21.7 Å². The molecule has 8 heteroatoms. The maximum Gasteiger partial charge on any atom is 0.271 e. The zero-order valence-corrected chi connectivity index (χ0v) is 15.2. The summed E-state index contributed by atoms with van der Waals surface area (Å²) in [4.78, 5) is 50.8. The first kappa shape index (κ1) is 17.8. The molecule has 28 heavy (non-hydrogen) atoms. The Hall–Kier alpha value is -3.55. The van der Waals surface area contributed by atoms with Crippen molar-refractivity contribution in [2.75, 3.05) is 18.0 Å². The highest BCUT2D eigenvalue weighted by Gasteiger charge is 2.36. The van der Waals surface area contributed by atoms with Crippen LogP contribution in [0.4, 0.5) is 11.4 Å². The lowest BCUT2D eigenvalue weighted by molar-refractivity contribution is -0.384. The molecule has 0 aliphatic carbocycles. The topological polar surface area (TPSA) is 101 Å². The van der Waals surface area contributed by atoms with Gasteiger partial charge in [-0.3, -0.25) is 29.4 Å². The van der Waals surface area contributed by atoms with E-state index >= 15 is 0 Å². The van der Waals surface area contributed by atoms with Gasteiger partial charge in [0.25, 0.3) is 17.5 Å². The third-order valence-corrected chi connectivity index (χ3v) is 5.15. The molecular weight excluding hydrogens is 362 g/mol. The van der Waals surface area contributed by atoms with Crippen LogP contribution in [0.3, 0.4) is 0 Å². The second-order valence-electron chi connectivity index (χ2n) is 6.93. The van der Waals surface area contributed by atoms with Crippen LogP contribution >= 0.6 is 0 Å². The fourth-order valence-corrected chi connectivity index (χ4v) is 3.69. The number of carbonyl (C=O) groups is 3. The first-order valence-electron chi connectivity index (χ1n) is 8.91. The van der Waals surface area contributed by atoms with Crippen molar-refractivity contribution in [3.05, 3.63) is 68.8 Å². The van der Waals surface area contributed by atoms with E-state index in [0.29, 0.717) is 29.8 Å². The molecule has 0 radical (unpaired) electrons. The maximum atomic E-state index is 12.7. The van der Waals surface area contributed by atoms with E-state index in [9.17, 15) is 24.5 Å². The predicted molar refractivity (Wildman–Crippen MR) is 100 cm³/mol. The summed E-state index contributed by atoms with van der Waals surface area (Å²) in [5.41, 5.74) is 2.92. The number of nitro groups is 1. The van der Waals surface area contributed by atoms with Gasteiger partial charge in [-0.25, -0.2) is 0 Å². The molecule has 0 fully saturated rings. The normalized spacial score (nSPS) is 15.0. The molecule has 0 aromatic heterocycles. The number of carbonyl (C=O) groups excluding carboxylic acids is 3. The first-order valence-corrected chi connectivity index (χ1v) is 8.91. The molecular formula is C20H17N3O5. The summed E-state index contributed by atoms with van der Waals surface area (Å²) in [6.07, 6.45) is 0.581. The van der Waals surface area contributed by atoms with Crippen molar-refractivity contribution >= 4 is 29.1 Å². The highest BCUT2D eigenvalue weighted by molar-refractivity contribution is 6.21. The van der Waals surface area contributed by atoms with Crippen molar-refractivity contribution in [1.82, 2.24) is 4.90 Å². The SMILES string of the molecule is Cc1ccc2c(c1)C(=O)N(CCC(=O)N1CCc3ccc([N+](=O)[O-])cc31)C2=O. The smallest absolute Gasteiger partial charge is 0.271 e. The summed E-state index contributed by atoms with van der Waals surface area (Å²) in [7, 11) is 0. The van der Waals surface area contributed by atoms with E-state index in [1.165, 1.54) is 17.0 Å².